The molecule has 4 heteroatoms. The van der Waals surface area contributed by atoms with Gasteiger partial charge in [0.15, 0.2) is 0 Å². The van der Waals surface area contributed by atoms with E-state index in [0.717, 1.165) is 15.4 Å². The lowest BCUT2D eigenvalue weighted by Gasteiger charge is -2.05. The zero-order valence-electron chi connectivity index (χ0n) is 7.99. The van der Waals surface area contributed by atoms with Crippen molar-refractivity contribution < 1.29 is 4.74 Å². The molecule has 1 heterocycles. The Hall–Kier alpha value is -1.60. The second-order valence-corrected chi connectivity index (χ2v) is 3.93. The number of benzene rings is 1. The summed E-state index contributed by atoms with van der Waals surface area (Å²) in [5, 5.41) is 9.74. The summed E-state index contributed by atoms with van der Waals surface area (Å²) in [6.45, 7) is 0. The van der Waals surface area contributed by atoms with Crippen LogP contribution in [0.2, 0.25) is 0 Å². The van der Waals surface area contributed by atoms with Crippen LogP contribution in [0.1, 0.15) is 5.56 Å². The Bertz CT molecular complexity index is 560. The molecule has 0 aliphatic rings. The Labute approximate surface area is 95.4 Å². The van der Waals surface area contributed by atoms with E-state index in [1.807, 2.05) is 6.07 Å². The summed E-state index contributed by atoms with van der Waals surface area (Å²) in [6.07, 6.45) is 1.71. The smallest absolute Gasteiger partial charge is 0.146 e. The van der Waals surface area contributed by atoms with Gasteiger partial charge in [-0.2, -0.15) is 5.26 Å². The molecule has 2 rings (SSSR count). The SMILES string of the molecule is COc1cc(C#N)cc2cc(Br)cnc12. The highest BCUT2D eigenvalue weighted by Crippen LogP contribution is 2.27. The van der Waals surface area contributed by atoms with Gasteiger partial charge in [-0.15, -0.1) is 0 Å². The summed E-state index contributed by atoms with van der Waals surface area (Å²) in [7, 11) is 1.57. The van der Waals surface area contributed by atoms with Crippen molar-refractivity contribution in [1.29, 1.82) is 5.26 Å². The number of rotatable bonds is 1. The molecule has 0 radical (unpaired) electrons. The number of methoxy groups -OCH3 is 1. The maximum atomic E-state index is 8.85. The third-order valence-electron chi connectivity index (χ3n) is 2.06. The summed E-state index contributed by atoms with van der Waals surface area (Å²) in [6, 6.07) is 7.47. The minimum absolute atomic E-state index is 0.569. The largest absolute Gasteiger partial charge is 0.494 e. The minimum Gasteiger partial charge on any atom is -0.494 e. The van der Waals surface area contributed by atoms with Crippen LogP contribution in [0.3, 0.4) is 0 Å². The lowest BCUT2D eigenvalue weighted by Crippen LogP contribution is -1.89. The third kappa shape index (κ3) is 1.79. The summed E-state index contributed by atoms with van der Waals surface area (Å²) in [4.78, 5) is 4.25. The minimum atomic E-state index is 0.569. The number of pyridine rings is 1. The summed E-state index contributed by atoms with van der Waals surface area (Å²) < 4.78 is 6.06. The zero-order valence-corrected chi connectivity index (χ0v) is 9.58. The van der Waals surface area contributed by atoms with Gasteiger partial charge in [0.05, 0.1) is 18.7 Å². The fraction of sp³-hybridized carbons (Fsp3) is 0.0909. The number of hydrogen-bond acceptors (Lipinski definition) is 3. The number of fused-ring (bicyclic) bond motifs is 1. The molecular weight excluding hydrogens is 256 g/mol. The first-order valence-corrected chi connectivity index (χ1v) is 5.07. The highest BCUT2D eigenvalue weighted by molar-refractivity contribution is 9.10. The van der Waals surface area contributed by atoms with E-state index in [1.54, 1.807) is 25.4 Å². The maximum absolute atomic E-state index is 8.85. The van der Waals surface area contributed by atoms with E-state index in [0.29, 0.717) is 11.3 Å². The summed E-state index contributed by atoms with van der Waals surface area (Å²) >= 11 is 3.34. The Morgan fingerprint density at radius 1 is 1.40 bits per heavy atom. The Balaban J connectivity index is 2.82. The topological polar surface area (TPSA) is 45.9 Å². The molecule has 0 N–H and O–H groups in total. The van der Waals surface area contributed by atoms with Gasteiger partial charge < -0.3 is 4.74 Å². The van der Waals surface area contributed by atoms with Crippen molar-refractivity contribution in [3.05, 3.63) is 34.4 Å². The first-order chi connectivity index (χ1) is 7.24. The van der Waals surface area contributed by atoms with E-state index in [1.165, 1.54) is 0 Å². The molecule has 0 bridgehead atoms. The second kappa shape index (κ2) is 3.87. The molecule has 1 aromatic carbocycles. The van der Waals surface area contributed by atoms with E-state index < -0.39 is 0 Å². The van der Waals surface area contributed by atoms with E-state index in [4.69, 9.17) is 10.00 Å². The molecule has 2 aromatic rings. The van der Waals surface area contributed by atoms with Crippen molar-refractivity contribution in [3.8, 4) is 11.8 Å². The number of nitrogens with zero attached hydrogens (tertiary/aromatic N) is 2. The van der Waals surface area contributed by atoms with Crippen LogP contribution < -0.4 is 4.74 Å². The number of hydrogen-bond donors (Lipinski definition) is 0. The van der Waals surface area contributed by atoms with E-state index in [-0.39, 0.29) is 0 Å². The van der Waals surface area contributed by atoms with Crippen LogP contribution in [-0.4, -0.2) is 12.1 Å². The second-order valence-electron chi connectivity index (χ2n) is 3.02. The molecule has 0 saturated heterocycles. The van der Waals surface area contributed by atoms with Crippen LogP contribution in [0.15, 0.2) is 28.9 Å². The van der Waals surface area contributed by atoms with Gasteiger partial charge in [-0.1, -0.05) is 0 Å². The van der Waals surface area contributed by atoms with Gasteiger partial charge in [-0.25, -0.2) is 0 Å². The first-order valence-electron chi connectivity index (χ1n) is 4.28. The monoisotopic (exact) mass is 262 g/mol. The maximum Gasteiger partial charge on any atom is 0.146 e. The predicted octanol–water partition coefficient (Wildman–Crippen LogP) is 2.88. The molecule has 0 aliphatic heterocycles. The highest BCUT2D eigenvalue weighted by atomic mass is 79.9. The number of halogens is 1. The Morgan fingerprint density at radius 3 is 2.87 bits per heavy atom. The zero-order chi connectivity index (χ0) is 10.8. The summed E-state index contributed by atoms with van der Waals surface area (Å²) in [5.74, 6) is 0.622. The summed E-state index contributed by atoms with van der Waals surface area (Å²) in [5.41, 5.74) is 1.33. The molecule has 0 unspecified atom stereocenters. The molecule has 0 fully saturated rings. The molecule has 1 aromatic heterocycles. The van der Waals surface area contributed by atoms with Gasteiger partial charge in [-0.3, -0.25) is 4.98 Å². The van der Waals surface area contributed by atoms with Gasteiger partial charge >= 0.3 is 0 Å². The predicted molar refractivity (Wildman–Crippen MR) is 60.7 cm³/mol. The van der Waals surface area contributed by atoms with E-state index >= 15 is 0 Å². The highest BCUT2D eigenvalue weighted by Gasteiger charge is 2.05. The van der Waals surface area contributed by atoms with Crippen LogP contribution in [0.25, 0.3) is 10.9 Å². The number of nitriles is 1. The average molecular weight is 263 g/mol. The molecule has 15 heavy (non-hydrogen) atoms. The lowest BCUT2D eigenvalue weighted by molar-refractivity contribution is 0.419. The van der Waals surface area contributed by atoms with Gasteiger partial charge in [0.25, 0.3) is 0 Å². The van der Waals surface area contributed by atoms with Gasteiger partial charge in [-0.05, 0) is 28.1 Å². The molecule has 0 amide bonds. The Kier molecular flexibility index (Phi) is 2.57. The fourth-order valence-electron chi connectivity index (χ4n) is 1.41. The average Bonchev–Trinajstić information content (AvgIpc) is 2.26. The van der Waals surface area contributed by atoms with E-state index in [2.05, 4.69) is 27.0 Å². The van der Waals surface area contributed by atoms with Crippen molar-refractivity contribution >= 4 is 26.8 Å². The van der Waals surface area contributed by atoms with Crippen LogP contribution >= 0.6 is 15.9 Å². The molecule has 3 nitrogen and oxygen atoms in total. The number of aromatic nitrogens is 1. The van der Waals surface area contributed by atoms with Crippen molar-refractivity contribution in [2.45, 2.75) is 0 Å². The van der Waals surface area contributed by atoms with Gasteiger partial charge in [0.2, 0.25) is 0 Å². The van der Waals surface area contributed by atoms with Crippen LogP contribution in [0.4, 0.5) is 0 Å². The lowest BCUT2D eigenvalue weighted by atomic mass is 10.1. The molecule has 0 aliphatic carbocycles. The fourth-order valence-corrected chi connectivity index (χ4v) is 1.76. The van der Waals surface area contributed by atoms with Crippen LogP contribution in [0.5, 0.6) is 5.75 Å². The third-order valence-corrected chi connectivity index (χ3v) is 2.50. The molecular formula is C11H7BrN2O. The normalized spacial score (nSPS) is 9.93. The molecule has 0 spiro atoms. The van der Waals surface area contributed by atoms with Crippen LogP contribution in [0, 0.1) is 11.3 Å². The van der Waals surface area contributed by atoms with Gasteiger partial charge in [0.1, 0.15) is 11.3 Å². The van der Waals surface area contributed by atoms with Gasteiger partial charge in [0, 0.05) is 22.1 Å². The van der Waals surface area contributed by atoms with Crippen molar-refractivity contribution in [3.63, 3.8) is 0 Å². The molecule has 0 atom stereocenters. The Morgan fingerprint density at radius 2 is 2.20 bits per heavy atom. The van der Waals surface area contributed by atoms with Crippen molar-refractivity contribution in [2.75, 3.05) is 7.11 Å². The van der Waals surface area contributed by atoms with Crippen LogP contribution in [-0.2, 0) is 0 Å². The van der Waals surface area contributed by atoms with E-state index in [9.17, 15) is 0 Å². The molecule has 74 valence electrons. The van der Waals surface area contributed by atoms with Crippen molar-refractivity contribution in [1.82, 2.24) is 4.98 Å². The van der Waals surface area contributed by atoms with Crippen molar-refractivity contribution in [2.24, 2.45) is 0 Å². The standard InChI is InChI=1S/C11H7BrN2O/c1-15-10-3-7(5-13)2-8-4-9(12)6-14-11(8)10/h2-4,6H,1H3. The quantitative estimate of drug-likeness (QED) is 0.794. The first kappa shape index (κ1) is 9.94. The molecule has 0 saturated carbocycles. The number of ether oxygens (including phenoxy) is 1.